The van der Waals surface area contributed by atoms with E-state index >= 15 is 0 Å². The first-order chi connectivity index (χ1) is 12.5. The van der Waals surface area contributed by atoms with E-state index in [9.17, 15) is 8.42 Å². The highest BCUT2D eigenvalue weighted by Gasteiger charge is 2.21. The Bertz CT molecular complexity index is 812. The van der Waals surface area contributed by atoms with Crippen LogP contribution in [0, 0.1) is 0 Å². The first-order valence-corrected chi connectivity index (χ1v) is 10.4. The summed E-state index contributed by atoms with van der Waals surface area (Å²) in [7, 11) is -1.67. The molecule has 0 heterocycles. The van der Waals surface area contributed by atoms with Crippen molar-refractivity contribution in [1.29, 1.82) is 0 Å². The Balaban J connectivity index is 0.00000364. The molecule has 2 aromatic rings. The maximum atomic E-state index is 12.6. The average molecular weight is 501 g/mol. The van der Waals surface area contributed by atoms with Gasteiger partial charge in [0.2, 0.25) is 0 Å². The quantitative estimate of drug-likeness (QED) is 0.344. The zero-order chi connectivity index (χ0) is 19.0. The Morgan fingerprint density at radius 3 is 2.07 bits per heavy atom. The van der Waals surface area contributed by atoms with Crippen molar-refractivity contribution in [2.45, 2.75) is 37.2 Å². The van der Waals surface area contributed by atoms with E-state index in [1.165, 1.54) is 0 Å². The van der Waals surface area contributed by atoms with E-state index in [1.54, 1.807) is 31.3 Å². The van der Waals surface area contributed by atoms with Gasteiger partial charge in [-0.15, -0.1) is 24.0 Å². The number of nitrogens with one attached hydrogen (secondary N) is 2. The molecule has 2 atom stereocenters. The highest BCUT2D eigenvalue weighted by atomic mass is 127. The van der Waals surface area contributed by atoms with Crippen LogP contribution < -0.4 is 10.6 Å². The van der Waals surface area contributed by atoms with Crippen molar-refractivity contribution in [2.24, 2.45) is 4.99 Å². The summed E-state index contributed by atoms with van der Waals surface area (Å²) in [4.78, 5) is 4.59. The van der Waals surface area contributed by atoms with E-state index in [2.05, 4.69) is 15.6 Å². The molecule has 0 aromatic heterocycles. The van der Waals surface area contributed by atoms with Gasteiger partial charge < -0.3 is 10.6 Å². The van der Waals surface area contributed by atoms with E-state index in [0.717, 1.165) is 5.56 Å². The first-order valence-electron chi connectivity index (χ1n) is 8.79. The normalized spacial score (nSPS) is 14.0. The molecule has 0 saturated carbocycles. The number of nitrogens with zero attached hydrogens (tertiary/aromatic N) is 1. The fraction of sp³-hybridized carbons (Fsp3) is 0.350. The monoisotopic (exact) mass is 501 g/mol. The van der Waals surface area contributed by atoms with Gasteiger partial charge in [0, 0.05) is 13.1 Å². The van der Waals surface area contributed by atoms with Crippen LogP contribution in [0.1, 0.15) is 31.9 Å². The number of halogens is 1. The van der Waals surface area contributed by atoms with E-state index in [0.29, 0.717) is 17.3 Å². The average Bonchev–Trinajstić information content (AvgIpc) is 2.67. The molecule has 27 heavy (non-hydrogen) atoms. The van der Waals surface area contributed by atoms with Crippen molar-refractivity contribution < 1.29 is 8.42 Å². The lowest BCUT2D eigenvalue weighted by molar-refractivity contribution is 0.565. The zero-order valence-electron chi connectivity index (χ0n) is 15.9. The van der Waals surface area contributed by atoms with Gasteiger partial charge in [0.1, 0.15) is 0 Å². The molecule has 2 unspecified atom stereocenters. The standard InChI is InChI=1S/C20H27N3O2S.HI/c1-4-18(15-26(24,25)19-13-9-6-10-14-19)23-20(21-3)22-16(2)17-11-7-5-8-12-17;/h5-14,16,18H,4,15H2,1-3H3,(H2,21,22,23);1H. The Kier molecular flexibility index (Phi) is 9.79. The molecule has 0 aliphatic heterocycles. The largest absolute Gasteiger partial charge is 0.353 e. The molecule has 0 bridgehead atoms. The van der Waals surface area contributed by atoms with Crippen molar-refractivity contribution in [3.05, 3.63) is 66.2 Å². The molecule has 5 nitrogen and oxygen atoms in total. The summed E-state index contributed by atoms with van der Waals surface area (Å²) in [5.41, 5.74) is 1.14. The second-order valence-corrected chi connectivity index (χ2v) is 8.23. The third-order valence-electron chi connectivity index (χ3n) is 4.23. The van der Waals surface area contributed by atoms with Crippen LogP contribution in [0.4, 0.5) is 0 Å². The molecule has 0 saturated heterocycles. The molecule has 2 N–H and O–H groups in total. The lowest BCUT2D eigenvalue weighted by atomic mass is 10.1. The maximum Gasteiger partial charge on any atom is 0.191 e. The molecule has 0 radical (unpaired) electrons. The van der Waals surface area contributed by atoms with E-state index in [-0.39, 0.29) is 41.8 Å². The van der Waals surface area contributed by atoms with E-state index in [4.69, 9.17) is 0 Å². The zero-order valence-corrected chi connectivity index (χ0v) is 19.1. The van der Waals surface area contributed by atoms with E-state index in [1.807, 2.05) is 50.2 Å². The van der Waals surface area contributed by atoms with Gasteiger partial charge in [0.05, 0.1) is 16.7 Å². The third-order valence-corrected chi connectivity index (χ3v) is 6.06. The molecular weight excluding hydrogens is 473 g/mol. The smallest absolute Gasteiger partial charge is 0.191 e. The first kappa shape index (κ1) is 23.4. The number of guanidine groups is 1. The van der Waals surface area contributed by atoms with Gasteiger partial charge >= 0.3 is 0 Å². The summed E-state index contributed by atoms with van der Waals surface area (Å²) < 4.78 is 25.2. The predicted molar refractivity (Wildman–Crippen MR) is 122 cm³/mol. The van der Waals surface area contributed by atoms with Gasteiger partial charge in [-0.25, -0.2) is 8.42 Å². The minimum atomic E-state index is -3.35. The van der Waals surface area contributed by atoms with Crippen LogP contribution in [0.25, 0.3) is 0 Å². The molecule has 2 aromatic carbocycles. The summed E-state index contributed by atoms with van der Waals surface area (Å²) in [6, 6.07) is 18.4. The highest BCUT2D eigenvalue weighted by Crippen LogP contribution is 2.13. The number of hydrogen-bond acceptors (Lipinski definition) is 3. The van der Waals surface area contributed by atoms with Crippen molar-refractivity contribution in [2.75, 3.05) is 12.8 Å². The van der Waals surface area contributed by atoms with Crippen LogP contribution in [0.5, 0.6) is 0 Å². The van der Waals surface area contributed by atoms with Crippen LogP contribution >= 0.6 is 24.0 Å². The summed E-state index contributed by atoms with van der Waals surface area (Å²) in [5.74, 6) is 0.616. The Labute approximate surface area is 179 Å². The lowest BCUT2D eigenvalue weighted by Gasteiger charge is -2.23. The Hall–Kier alpha value is -1.61. The van der Waals surface area contributed by atoms with Crippen molar-refractivity contribution in [3.8, 4) is 0 Å². The maximum absolute atomic E-state index is 12.6. The summed E-state index contributed by atoms with van der Waals surface area (Å²) in [6.07, 6.45) is 0.673. The topological polar surface area (TPSA) is 70.6 Å². The molecule has 148 valence electrons. The number of aliphatic imine (C=N–C) groups is 1. The van der Waals surface area contributed by atoms with Crippen molar-refractivity contribution in [3.63, 3.8) is 0 Å². The summed E-state index contributed by atoms with van der Waals surface area (Å²) in [6.45, 7) is 4.01. The van der Waals surface area contributed by atoms with Gasteiger partial charge in [0.25, 0.3) is 0 Å². The molecule has 0 aliphatic rings. The molecular formula is C20H28IN3O2S. The Morgan fingerprint density at radius 1 is 1.00 bits per heavy atom. The molecule has 0 spiro atoms. The SMILES string of the molecule is CCC(CS(=O)(=O)c1ccccc1)NC(=NC)NC(C)c1ccccc1.I. The highest BCUT2D eigenvalue weighted by molar-refractivity contribution is 14.0. The molecule has 0 aliphatic carbocycles. The fourth-order valence-electron chi connectivity index (χ4n) is 2.64. The van der Waals surface area contributed by atoms with Gasteiger partial charge in [-0.2, -0.15) is 0 Å². The Morgan fingerprint density at radius 2 is 1.56 bits per heavy atom. The number of rotatable bonds is 7. The van der Waals surface area contributed by atoms with Gasteiger partial charge in [-0.1, -0.05) is 55.5 Å². The van der Waals surface area contributed by atoms with Crippen LogP contribution in [0.15, 0.2) is 70.6 Å². The number of sulfone groups is 1. The van der Waals surface area contributed by atoms with Gasteiger partial charge in [-0.05, 0) is 31.0 Å². The minimum absolute atomic E-state index is 0. The fourth-order valence-corrected chi connectivity index (χ4v) is 4.26. The second kappa shape index (κ2) is 11.3. The molecule has 2 rings (SSSR count). The molecule has 0 amide bonds. The van der Waals surface area contributed by atoms with Crippen LogP contribution in [-0.2, 0) is 9.84 Å². The molecule has 7 heteroatoms. The number of benzene rings is 2. The molecule has 0 fully saturated rings. The lowest BCUT2D eigenvalue weighted by Crippen LogP contribution is -2.46. The van der Waals surface area contributed by atoms with Gasteiger partial charge in [-0.3, -0.25) is 4.99 Å². The van der Waals surface area contributed by atoms with Crippen LogP contribution in [-0.4, -0.2) is 33.2 Å². The van der Waals surface area contributed by atoms with Crippen molar-refractivity contribution >= 4 is 39.8 Å². The number of hydrogen-bond donors (Lipinski definition) is 2. The summed E-state index contributed by atoms with van der Waals surface area (Å²) >= 11 is 0. The van der Waals surface area contributed by atoms with Crippen LogP contribution in [0.2, 0.25) is 0 Å². The van der Waals surface area contributed by atoms with Gasteiger partial charge in [0.15, 0.2) is 15.8 Å². The second-order valence-electron chi connectivity index (χ2n) is 6.19. The minimum Gasteiger partial charge on any atom is -0.353 e. The van der Waals surface area contributed by atoms with E-state index < -0.39 is 9.84 Å². The summed E-state index contributed by atoms with van der Waals surface area (Å²) in [5, 5.41) is 6.56. The van der Waals surface area contributed by atoms with Crippen molar-refractivity contribution in [1.82, 2.24) is 10.6 Å². The predicted octanol–water partition coefficient (Wildman–Crippen LogP) is 3.78. The van der Waals surface area contributed by atoms with Crippen LogP contribution in [0.3, 0.4) is 0 Å². The third kappa shape index (κ3) is 7.14.